The molecule has 0 aliphatic heterocycles. The average Bonchev–Trinajstić information content (AvgIpc) is 2.68. The number of hydrogen-bond acceptors (Lipinski definition) is 4. The number of hydrogen-bond donors (Lipinski definition) is 3. The second-order valence-electron chi connectivity index (χ2n) is 7.64. The van der Waals surface area contributed by atoms with Crippen molar-refractivity contribution in [1.82, 2.24) is 15.2 Å². The maximum Gasteiger partial charge on any atom is 0.250 e. The fourth-order valence-electron chi connectivity index (χ4n) is 3.09. The maximum absolute atomic E-state index is 12.5. The molecule has 0 aromatic heterocycles. The number of thiocarbonyl (C=S) groups is 1. The minimum atomic E-state index is -2.26. The number of ether oxygens (including phenoxy) is 1. The third-order valence-corrected chi connectivity index (χ3v) is 5.44. The lowest BCUT2D eigenvalue weighted by molar-refractivity contribution is -0.121. The summed E-state index contributed by atoms with van der Waals surface area (Å²) in [4.78, 5) is 15.2. The van der Waals surface area contributed by atoms with E-state index in [9.17, 15) is 13.6 Å². The van der Waals surface area contributed by atoms with Crippen molar-refractivity contribution in [2.45, 2.75) is 78.3 Å². The fraction of sp³-hybridized carbons (Fsp3) is 0.619. The molecule has 0 heterocycles. The molecule has 2 unspecified atom stereocenters. The van der Waals surface area contributed by atoms with Gasteiger partial charge in [-0.3, -0.25) is 14.4 Å². The third kappa shape index (κ3) is 9.07. The van der Waals surface area contributed by atoms with Crippen LogP contribution in [-0.4, -0.2) is 43.9 Å². The van der Waals surface area contributed by atoms with Crippen LogP contribution in [0.5, 0.6) is 5.75 Å². The summed E-state index contributed by atoms with van der Waals surface area (Å²) in [6, 6.07) is 5.34. The van der Waals surface area contributed by atoms with Gasteiger partial charge in [0.2, 0.25) is 5.91 Å². The van der Waals surface area contributed by atoms with Gasteiger partial charge in [0.25, 0.3) is 11.3 Å². The van der Waals surface area contributed by atoms with Gasteiger partial charge in [-0.25, -0.2) is 4.21 Å². The van der Waals surface area contributed by atoms with Crippen LogP contribution in [-0.2, 0) is 22.5 Å². The van der Waals surface area contributed by atoms with Gasteiger partial charge in [-0.1, -0.05) is 50.9 Å². The van der Waals surface area contributed by atoms with E-state index in [0.29, 0.717) is 16.3 Å². The molecule has 0 saturated carbocycles. The second kappa shape index (κ2) is 13.7. The standard InChI is InChI=1S/C21H35N3O4S2/c1-6-7-8-9-10-16(4)22-20(25)14-17-11-12-19(28-5)18(13-17)21(29)24(15(2)3)23-30(26)27/h11-13,15-16,23H,6-10,14H2,1-5H3,(H,22,25)(H,26,27). The largest absolute Gasteiger partial charge is 0.496 e. The highest BCUT2D eigenvalue weighted by atomic mass is 32.2. The Morgan fingerprint density at radius 2 is 1.97 bits per heavy atom. The summed E-state index contributed by atoms with van der Waals surface area (Å²) in [5.74, 6) is 0.486. The van der Waals surface area contributed by atoms with E-state index in [1.54, 1.807) is 12.1 Å². The van der Waals surface area contributed by atoms with Crippen LogP contribution in [0.25, 0.3) is 0 Å². The van der Waals surface area contributed by atoms with E-state index in [2.05, 4.69) is 17.1 Å². The number of amides is 1. The van der Waals surface area contributed by atoms with Crippen molar-refractivity contribution in [3.63, 3.8) is 0 Å². The second-order valence-corrected chi connectivity index (χ2v) is 8.71. The Hall–Kier alpha value is -1.55. The molecule has 1 amide bonds. The quantitative estimate of drug-likeness (QED) is 0.181. The van der Waals surface area contributed by atoms with Crippen LogP contribution < -0.4 is 14.9 Å². The molecule has 0 spiro atoms. The van der Waals surface area contributed by atoms with Crippen molar-refractivity contribution in [1.29, 1.82) is 0 Å². The lowest BCUT2D eigenvalue weighted by atomic mass is 10.0. The Labute approximate surface area is 188 Å². The first-order valence-corrected chi connectivity index (χ1v) is 11.9. The molecule has 2 atom stereocenters. The first-order valence-electron chi connectivity index (χ1n) is 10.4. The number of hydrazine groups is 1. The van der Waals surface area contributed by atoms with E-state index >= 15 is 0 Å². The molecular weight excluding hydrogens is 422 g/mol. The van der Waals surface area contributed by atoms with E-state index in [1.165, 1.54) is 31.4 Å². The molecular formula is C21H35N3O4S2. The van der Waals surface area contributed by atoms with Crippen molar-refractivity contribution < 1.29 is 18.3 Å². The minimum Gasteiger partial charge on any atom is -0.496 e. The van der Waals surface area contributed by atoms with Crippen molar-refractivity contribution in [2.24, 2.45) is 0 Å². The van der Waals surface area contributed by atoms with Crippen LogP contribution >= 0.6 is 12.2 Å². The highest BCUT2D eigenvalue weighted by molar-refractivity contribution is 7.81. The van der Waals surface area contributed by atoms with Gasteiger partial charge in [0.05, 0.1) is 19.1 Å². The summed E-state index contributed by atoms with van der Waals surface area (Å²) in [6.45, 7) is 7.90. The maximum atomic E-state index is 12.5. The molecule has 3 N–H and O–H groups in total. The lowest BCUT2D eigenvalue weighted by Gasteiger charge is -2.28. The molecule has 9 heteroatoms. The van der Waals surface area contributed by atoms with Crippen LogP contribution in [0.15, 0.2) is 18.2 Å². The Morgan fingerprint density at radius 3 is 2.53 bits per heavy atom. The zero-order valence-electron chi connectivity index (χ0n) is 18.6. The van der Waals surface area contributed by atoms with Crippen LogP contribution in [0.4, 0.5) is 0 Å². The zero-order valence-corrected chi connectivity index (χ0v) is 20.2. The van der Waals surface area contributed by atoms with Gasteiger partial charge in [-0.15, -0.1) is 4.83 Å². The molecule has 170 valence electrons. The summed E-state index contributed by atoms with van der Waals surface area (Å²) in [5, 5.41) is 4.49. The number of nitrogens with one attached hydrogen (secondary N) is 2. The van der Waals surface area contributed by atoms with Crippen LogP contribution in [0.3, 0.4) is 0 Å². The SMILES string of the molecule is CCCCCCC(C)NC(=O)Cc1ccc(OC)c(C(=S)N(NS(=O)O)C(C)C)c1. The predicted octanol–water partition coefficient (Wildman–Crippen LogP) is 3.74. The molecule has 30 heavy (non-hydrogen) atoms. The molecule has 7 nitrogen and oxygen atoms in total. The zero-order chi connectivity index (χ0) is 22.7. The summed E-state index contributed by atoms with van der Waals surface area (Å²) < 4.78 is 25.9. The number of nitrogens with zero attached hydrogens (tertiary/aromatic N) is 1. The summed E-state index contributed by atoms with van der Waals surface area (Å²) >= 11 is 3.28. The van der Waals surface area contributed by atoms with Crippen molar-refractivity contribution in [3.05, 3.63) is 29.3 Å². The van der Waals surface area contributed by atoms with Gasteiger partial charge in [-0.05, 0) is 44.9 Å². The fourth-order valence-corrected chi connectivity index (χ4v) is 4.03. The summed E-state index contributed by atoms with van der Waals surface area (Å²) in [5.41, 5.74) is 1.37. The topological polar surface area (TPSA) is 90.9 Å². The Morgan fingerprint density at radius 1 is 1.27 bits per heavy atom. The van der Waals surface area contributed by atoms with Gasteiger partial charge in [-0.2, -0.15) is 0 Å². The number of carbonyl (C=O) groups is 1. The number of unbranched alkanes of at least 4 members (excludes halogenated alkanes) is 3. The van der Waals surface area contributed by atoms with E-state index in [0.717, 1.165) is 18.4 Å². The van der Waals surface area contributed by atoms with E-state index in [1.807, 2.05) is 26.8 Å². The molecule has 1 aromatic carbocycles. The number of benzene rings is 1. The van der Waals surface area contributed by atoms with Gasteiger partial charge in [0.1, 0.15) is 10.7 Å². The third-order valence-electron chi connectivity index (χ3n) is 4.67. The Bertz CT molecular complexity index is 728. The molecule has 0 bridgehead atoms. The minimum absolute atomic E-state index is 0.0460. The molecule has 1 aromatic rings. The smallest absolute Gasteiger partial charge is 0.250 e. The first-order chi connectivity index (χ1) is 14.2. The van der Waals surface area contributed by atoms with Crippen LogP contribution in [0.1, 0.15) is 70.9 Å². The molecule has 0 fully saturated rings. The van der Waals surface area contributed by atoms with Gasteiger partial charge < -0.3 is 10.1 Å². The molecule has 0 radical (unpaired) electrons. The molecule has 0 aliphatic carbocycles. The normalized spacial score (nSPS) is 13.0. The highest BCUT2D eigenvalue weighted by Crippen LogP contribution is 2.23. The summed E-state index contributed by atoms with van der Waals surface area (Å²) in [7, 11) is 1.53. The first kappa shape index (κ1) is 26.5. The molecule has 0 saturated heterocycles. The molecule has 1 rings (SSSR count). The van der Waals surface area contributed by atoms with Crippen molar-refractivity contribution in [3.8, 4) is 5.75 Å². The van der Waals surface area contributed by atoms with Crippen molar-refractivity contribution in [2.75, 3.05) is 7.11 Å². The van der Waals surface area contributed by atoms with E-state index in [-0.39, 0.29) is 24.4 Å². The number of methoxy groups -OCH3 is 1. The predicted molar refractivity (Wildman–Crippen MR) is 126 cm³/mol. The Kier molecular flexibility index (Phi) is 12.1. The molecule has 0 aliphatic rings. The number of carbonyl (C=O) groups excluding carboxylic acids is 1. The highest BCUT2D eigenvalue weighted by Gasteiger charge is 2.21. The van der Waals surface area contributed by atoms with Gasteiger partial charge in [0, 0.05) is 12.1 Å². The number of rotatable bonds is 13. The monoisotopic (exact) mass is 457 g/mol. The van der Waals surface area contributed by atoms with Crippen molar-refractivity contribution >= 4 is 34.4 Å². The Balaban J connectivity index is 2.87. The lowest BCUT2D eigenvalue weighted by Crippen LogP contribution is -2.47. The average molecular weight is 458 g/mol. The van der Waals surface area contributed by atoms with Crippen LogP contribution in [0, 0.1) is 0 Å². The van der Waals surface area contributed by atoms with E-state index in [4.69, 9.17) is 17.0 Å². The van der Waals surface area contributed by atoms with E-state index < -0.39 is 11.3 Å². The van der Waals surface area contributed by atoms with Crippen LogP contribution in [0.2, 0.25) is 0 Å². The summed E-state index contributed by atoms with van der Waals surface area (Å²) in [6.07, 6.45) is 5.91. The van der Waals surface area contributed by atoms with Gasteiger partial charge >= 0.3 is 0 Å². The van der Waals surface area contributed by atoms with Gasteiger partial charge in [0.15, 0.2) is 0 Å².